The molecular weight excluding hydrogens is 582 g/mol. The van der Waals surface area contributed by atoms with Crippen LogP contribution in [0.1, 0.15) is 97.1 Å². The number of allylic oxidation sites excluding steroid dienone is 3. The number of cyclic esters (lactones) is 1. The number of hydrogen-bond acceptors (Lipinski definition) is 8. The summed E-state index contributed by atoms with van der Waals surface area (Å²) in [6, 6.07) is 6.43. The number of aliphatic hydroxyl groups is 2. The highest BCUT2D eigenvalue weighted by Gasteiger charge is 2.37. The number of piperazine rings is 1. The molecule has 254 valence electrons. The molecule has 9 heteroatoms. The molecule has 6 atom stereocenters. The lowest BCUT2D eigenvalue weighted by molar-refractivity contribution is -0.151. The van der Waals surface area contributed by atoms with Crippen molar-refractivity contribution in [2.75, 3.05) is 26.2 Å². The van der Waals surface area contributed by atoms with E-state index in [0.717, 1.165) is 24.4 Å². The van der Waals surface area contributed by atoms with Gasteiger partial charge in [0.05, 0.1) is 12.5 Å². The maximum absolute atomic E-state index is 13.4. The van der Waals surface area contributed by atoms with E-state index in [1.807, 2.05) is 56.4 Å². The van der Waals surface area contributed by atoms with Gasteiger partial charge < -0.3 is 24.6 Å². The molecular formula is C37H55N3O6. The van der Waals surface area contributed by atoms with Gasteiger partial charge in [0, 0.05) is 55.9 Å². The van der Waals surface area contributed by atoms with Crippen LogP contribution in [-0.2, 0) is 14.3 Å². The number of carbonyl (C=O) groups excluding carboxylic acids is 2. The van der Waals surface area contributed by atoms with Crippen LogP contribution in [0, 0.1) is 5.92 Å². The Kier molecular flexibility index (Phi) is 13.4. The molecule has 9 nitrogen and oxygen atoms in total. The Hall–Kier alpha value is -3.01. The fourth-order valence-electron chi connectivity index (χ4n) is 6.74. The van der Waals surface area contributed by atoms with Gasteiger partial charge in [-0.05, 0) is 63.3 Å². The number of aromatic nitrogens is 1. The van der Waals surface area contributed by atoms with Crippen LogP contribution in [-0.4, -0.2) is 93.2 Å². The molecule has 1 aromatic rings. The Bertz CT molecular complexity index is 1200. The minimum Gasteiger partial charge on any atom is -0.457 e. The van der Waals surface area contributed by atoms with Crippen LogP contribution in [0.4, 0.5) is 4.79 Å². The van der Waals surface area contributed by atoms with Gasteiger partial charge in [0.1, 0.15) is 11.7 Å². The van der Waals surface area contributed by atoms with Gasteiger partial charge in [0.25, 0.3) is 0 Å². The van der Waals surface area contributed by atoms with E-state index in [4.69, 9.17) is 9.47 Å². The second-order valence-electron chi connectivity index (χ2n) is 13.7. The van der Waals surface area contributed by atoms with Gasteiger partial charge in [-0.25, -0.2) is 4.79 Å². The van der Waals surface area contributed by atoms with Gasteiger partial charge in [-0.2, -0.15) is 0 Å². The molecule has 1 amide bonds. The molecule has 2 aliphatic heterocycles. The number of carbonyl (C=O) groups is 2. The van der Waals surface area contributed by atoms with Gasteiger partial charge in [0.15, 0.2) is 6.10 Å². The highest BCUT2D eigenvalue weighted by molar-refractivity contribution is 5.70. The number of esters is 1. The third-order valence-corrected chi connectivity index (χ3v) is 9.83. The molecule has 3 aliphatic rings. The second kappa shape index (κ2) is 17.2. The molecule has 2 N–H and O–H groups in total. The first-order valence-corrected chi connectivity index (χ1v) is 17.3. The molecule has 0 aromatic carbocycles. The summed E-state index contributed by atoms with van der Waals surface area (Å²) in [4.78, 5) is 34.9. The molecule has 1 saturated carbocycles. The van der Waals surface area contributed by atoms with Crippen molar-refractivity contribution in [3.05, 3.63) is 66.0 Å². The third-order valence-electron chi connectivity index (χ3n) is 9.83. The lowest BCUT2D eigenvalue weighted by Gasteiger charge is -2.40. The van der Waals surface area contributed by atoms with Gasteiger partial charge >= 0.3 is 12.1 Å². The van der Waals surface area contributed by atoms with E-state index < -0.39 is 36.0 Å². The van der Waals surface area contributed by atoms with E-state index in [2.05, 4.69) is 16.8 Å². The average Bonchev–Trinajstić information content (AvgIpc) is 3.34. The van der Waals surface area contributed by atoms with Gasteiger partial charge in [-0.1, -0.05) is 69.9 Å². The van der Waals surface area contributed by atoms with Crippen LogP contribution in [0.3, 0.4) is 0 Å². The van der Waals surface area contributed by atoms with E-state index in [9.17, 15) is 19.8 Å². The zero-order chi connectivity index (χ0) is 33.1. The van der Waals surface area contributed by atoms with Crippen molar-refractivity contribution in [2.24, 2.45) is 5.92 Å². The first-order valence-electron chi connectivity index (χ1n) is 17.3. The first-order chi connectivity index (χ1) is 22.0. The van der Waals surface area contributed by atoms with Gasteiger partial charge in [-0.15, -0.1) is 0 Å². The smallest absolute Gasteiger partial charge is 0.410 e. The minimum absolute atomic E-state index is 0.106. The predicted octanol–water partition coefficient (Wildman–Crippen LogP) is 5.93. The Morgan fingerprint density at radius 1 is 1.11 bits per heavy atom. The summed E-state index contributed by atoms with van der Waals surface area (Å²) in [5.41, 5.74) is 0.345. The van der Waals surface area contributed by atoms with Gasteiger partial charge in [-0.3, -0.25) is 14.7 Å². The Morgan fingerprint density at radius 2 is 1.83 bits per heavy atom. The van der Waals surface area contributed by atoms with Crippen molar-refractivity contribution < 1.29 is 29.3 Å². The molecule has 0 radical (unpaired) electrons. The van der Waals surface area contributed by atoms with Crippen LogP contribution in [0.2, 0.25) is 0 Å². The Labute approximate surface area is 275 Å². The van der Waals surface area contributed by atoms with E-state index in [1.54, 1.807) is 24.1 Å². The molecule has 0 unspecified atom stereocenters. The molecule has 2 fully saturated rings. The maximum Gasteiger partial charge on any atom is 0.410 e. The number of pyridine rings is 1. The zero-order valence-corrected chi connectivity index (χ0v) is 28.2. The number of nitrogens with zero attached hydrogens (tertiary/aromatic N) is 3. The van der Waals surface area contributed by atoms with Crippen LogP contribution in [0.25, 0.3) is 0 Å². The summed E-state index contributed by atoms with van der Waals surface area (Å²) in [5, 5.41) is 22.1. The Balaban J connectivity index is 1.45. The zero-order valence-electron chi connectivity index (χ0n) is 28.2. The van der Waals surface area contributed by atoms with Crippen molar-refractivity contribution in [1.82, 2.24) is 14.8 Å². The normalized spacial score (nSPS) is 31.3. The van der Waals surface area contributed by atoms with Crippen molar-refractivity contribution in [3.63, 3.8) is 0 Å². The van der Waals surface area contributed by atoms with E-state index >= 15 is 0 Å². The lowest BCUT2D eigenvalue weighted by atomic mass is 9.88. The topological polar surface area (TPSA) is 112 Å². The summed E-state index contributed by atoms with van der Waals surface area (Å²) in [7, 11) is 0. The van der Waals surface area contributed by atoms with E-state index in [-0.39, 0.29) is 31.1 Å². The van der Waals surface area contributed by atoms with E-state index in [1.165, 1.54) is 38.5 Å². The van der Waals surface area contributed by atoms with Crippen LogP contribution in [0.15, 0.2) is 60.3 Å². The minimum atomic E-state index is -1.44. The highest BCUT2D eigenvalue weighted by Crippen LogP contribution is 2.28. The molecule has 3 heterocycles. The molecule has 1 saturated heterocycles. The first kappa shape index (κ1) is 35.8. The molecule has 46 heavy (non-hydrogen) atoms. The molecule has 4 rings (SSSR count). The Morgan fingerprint density at radius 3 is 2.50 bits per heavy atom. The number of aliphatic hydroxyl groups excluding tert-OH is 1. The standard InChI is InChI=1S/C37H55N3O6/c1-27(32-16-9-10-21-38-32)12-11-13-28(2)35-29(3)17-18-33(37(4,44)20-19-31(41)26-34(42)46-35)45-36(43)40-24-22-39(23-25-40)30-14-7-5-6-8-15-30/h9-13,16-18,21,27,29-31,33,35,41,44H,5-8,14-15,19-20,22-26H2,1-4H3/b12-11+,18-17-,28-13+/t27-,29-,31+,33-,35+,37+/m0/s1. The van der Waals surface area contributed by atoms with E-state index in [0.29, 0.717) is 19.1 Å². The fraction of sp³-hybridized carbons (Fsp3) is 0.649. The third kappa shape index (κ3) is 10.5. The quantitative estimate of drug-likeness (QED) is 0.171. The van der Waals surface area contributed by atoms with Crippen molar-refractivity contribution in [1.29, 1.82) is 0 Å². The molecule has 1 aromatic heterocycles. The van der Waals surface area contributed by atoms with Gasteiger partial charge in [0.2, 0.25) is 0 Å². The highest BCUT2D eigenvalue weighted by atomic mass is 16.6. The summed E-state index contributed by atoms with van der Waals surface area (Å²) in [6.45, 7) is 10.4. The lowest BCUT2D eigenvalue weighted by Crippen LogP contribution is -2.53. The average molecular weight is 638 g/mol. The molecule has 1 aliphatic carbocycles. The second-order valence-corrected chi connectivity index (χ2v) is 13.7. The number of ether oxygens (including phenoxy) is 2. The fourth-order valence-corrected chi connectivity index (χ4v) is 6.74. The summed E-state index contributed by atoms with van der Waals surface area (Å²) in [6.07, 6.45) is 16.0. The van der Waals surface area contributed by atoms with Crippen LogP contribution >= 0.6 is 0 Å². The number of rotatable bonds is 6. The number of hydrogen-bond donors (Lipinski definition) is 2. The summed E-state index contributed by atoms with van der Waals surface area (Å²) < 4.78 is 11.9. The predicted molar refractivity (Wildman–Crippen MR) is 179 cm³/mol. The summed E-state index contributed by atoms with van der Waals surface area (Å²) >= 11 is 0. The van der Waals surface area contributed by atoms with Crippen molar-refractivity contribution in [3.8, 4) is 0 Å². The van der Waals surface area contributed by atoms with Crippen molar-refractivity contribution >= 4 is 12.1 Å². The number of amides is 1. The summed E-state index contributed by atoms with van der Waals surface area (Å²) in [5.74, 6) is -0.685. The largest absolute Gasteiger partial charge is 0.457 e. The SMILES string of the molecule is C/C(=C\C=C\[C@H](C)c1ccccn1)[C@H]1OC(=O)C[C@H](O)CC[C@@](C)(O)[C@@H](OC(=O)N2CCN(C3CCCCCC3)CC2)/C=C\[C@@H]1C. The van der Waals surface area contributed by atoms with Crippen LogP contribution < -0.4 is 0 Å². The van der Waals surface area contributed by atoms with Crippen molar-refractivity contribution in [2.45, 2.75) is 121 Å². The van der Waals surface area contributed by atoms with Crippen LogP contribution in [0.5, 0.6) is 0 Å². The molecule has 0 spiro atoms. The molecule has 0 bridgehead atoms. The maximum atomic E-state index is 13.4. The monoisotopic (exact) mass is 637 g/mol.